The van der Waals surface area contributed by atoms with Crippen LogP contribution in [0.5, 0.6) is 5.75 Å². The fraction of sp³-hybridized carbons (Fsp3) is 0.400. The first kappa shape index (κ1) is 22.3. The minimum Gasteiger partial charge on any atom is -0.507 e. The van der Waals surface area contributed by atoms with Gasteiger partial charge in [0.05, 0.1) is 12.4 Å². The molecular formula is C20H25Cl2N7O. The molecule has 2 atom stereocenters. The van der Waals surface area contributed by atoms with Crippen LogP contribution >= 0.6 is 24.8 Å². The van der Waals surface area contributed by atoms with E-state index in [1.54, 1.807) is 24.7 Å². The van der Waals surface area contributed by atoms with E-state index >= 15 is 0 Å². The van der Waals surface area contributed by atoms with Crippen molar-refractivity contribution in [1.82, 2.24) is 30.7 Å². The number of aromatic nitrogens is 5. The van der Waals surface area contributed by atoms with E-state index in [0.717, 1.165) is 30.8 Å². The van der Waals surface area contributed by atoms with Crippen molar-refractivity contribution in [1.29, 1.82) is 0 Å². The Bertz CT molecular complexity index is 946. The van der Waals surface area contributed by atoms with Crippen LogP contribution < -0.4 is 10.2 Å². The van der Waals surface area contributed by atoms with Gasteiger partial charge in [-0.05, 0) is 56.0 Å². The zero-order valence-corrected chi connectivity index (χ0v) is 18.0. The van der Waals surface area contributed by atoms with Crippen LogP contribution in [-0.2, 0) is 0 Å². The van der Waals surface area contributed by atoms with Gasteiger partial charge in [0, 0.05) is 29.9 Å². The number of nitrogens with one attached hydrogen (secondary N) is 2. The van der Waals surface area contributed by atoms with Crippen LogP contribution in [0.4, 0.5) is 5.95 Å². The topological polar surface area (TPSA) is 103 Å². The highest BCUT2D eigenvalue weighted by Crippen LogP contribution is 2.33. The lowest BCUT2D eigenvalue weighted by molar-refractivity contribution is 0.448. The molecule has 2 aliphatic rings. The Labute approximate surface area is 187 Å². The summed E-state index contributed by atoms with van der Waals surface area (Å²) in [6.07, 6.45) is 8.78. The highest BCUT2D eigenvalue weighted by molar-refractivity contribution is 5.85. The number of H-pyrrole nitrogens is 1. The number of aromatic amines is 1. The van der Waals surface area contributed by atoms with Crippen molar-refractivity contribution in [2.75, 3.05) is 24.5 Å². The van der Waals surface area contributed by atoms with Crippen LogP contribution in [0.1, 0.15) is 19.3 Å². The Morgan fingerprint density at radius 1 is 1.07 bits per heavy atom. The second kappa shape index (κ2) is 9.59. The third-order valence-electron chi connectivity index (χ3n) is 5.85. The Hall–Kier alpha value is -2.42. The zero-order chi connectivity index (χ0) is 18.9. The van der Waals surface area contributed by atoms with Gasteiger partial charge in [-0.3, -0.25) is 5.10 Å². The first-order valence-corrected chi connectivity index (χ1v) is 9.79. The summed E-state index contributed by atoms with van der Waals surface area (Å²) in [7, 11) is 0. The number of anilines is 1. The molecule has 2 saturated heterocycles. The quantitative estimate of drug-likeness (QED) is 0.562. The molecule has 5 rings (SSSR count). The summed E-state index contributed by atoms with van der Waals surface area (Å²) in [6.45, 7) is 3.15. The van der Waals surface area contributed by atoms with Gasteiger partial charge < -0.3 is 15.3 Å². The molecule has 10 heteroatoms. The number of benzene rings is 1. The molecule has 0 amide bonds. The van der Waals surface area contributed by atoms with Gasteiger partial charge in [-0.15, -0.1) is 35.0 Å². The molecule has 2 aromatic heterocycles. The van der Waals surface area contributed by atoms with Gasteiger partial charge in [0.1, 0.15) is 11.4 Å². The SMILES string of the molecule is Cl.Cl.Oc1cc(-c2cn[nH]c2)ccc1-c1cnc(N2CCCC2C2CCNC2)nn1. The van der Waals surface area contributed by atoms with E-state index < -0.39 is 0 Å². The predicted molar refractivity (Wildman–Crippen MR) is 120 cm³/mol. The second-order valence-electron chi connectivity index (χ2n) is 7.52. The van der Waals surface area contributed by atoms with Crippen molar-refractivity contribution < 1.29 is 5.11 Å². The van der Waals surface area contributed by atoms with Gasteiger partial charge in [-0.2, -0.15) is 5.10 Å². The van der Waals surface area contributed by atoms with Gasteiger partial charge in [0.2, 0.25) is 5.95 Å². The van der Waals surface area contributed by atoms with Gasteiger partial charge >= 0.3 is 0 Å². The number of hydrogen-bond acceptors (Lipinski definition) is 7. The third kappa shape index (κ3) is 4.21. The largest absolute Gasteiger partial charge is 0.507 e. The van der Waals surface area contributed by atoms with Crippen molar-refractivity contribution >= 4 is 30.8 Å². The molecule has 3 N–H and O–H groups in total. The van der Waals surface area contributed by atoms with Crippen molar-refractivity contribution in [3.8, 4) is 28.1 Å². The fourth-order valence-electron chi connectivity index (χ4n) is 4.40. The first-order chi connectivity index (χ1) is 13.8. The number of phenolic OH excluding ortho intramolecular Hbond substituents is 1. The van der Waals surface area contributed by atoms with Gasteiger partial charge in [0.15, 0.2) is 0 Å². The maximum absolute atomic E-state index is 10.5. The summed E-state index contributed by atoms with van der Waals surface area (Å²) in [6, 6.07) is 5.97. The number of halogens is 2. The predicted octanol–water partition coefficient (Wildman–Crippen LogP) is 3.06. The molecule has 0 aliphatic carbocycles. The Morgan fingerprint density at radius 2 is 1.97 bits per heavy atom. The van der Waals surface area contributed by atoms with Crippen LogP contribution in [0.15, 0.2) is 36.8 Å². The number of aromatic hydroxyl groups is 1. The highest BCUT2D eigenvalue weighted by atomic mass is 35.5. The summed E-state index contributed by atoms with van der Waals surface area (Å²) in [5.74, 6) is 1.50. The monoisotopic (exact) mass is 449 g/mol. The van der Waals surface area contributed by atoms with Crippen LogP contribution in [0.25, 0.3) is 22.4 Å². The Morgan fingerprint density at radius 3 is 2.63 bits per heavy atom. The summed E-state index contributed by atoms with van der Waals surface area (Å²) < 4.78 is 0. The van der Waals surface area contributed by atoms with Crippen LogP contribution in [0.2, 0.25) is 0 Å². The highest BCUT2D eigenvalue weighted by Gasteiger charge is 2.34. The molecule has 2 aliphatic heterocycles. The lowest BCUT2D eigenvalue weighted by Gasteiger charge is -2.28. The molecule has 0 saturated carbocycles. The van der Waals surface area contributed by atoms with Crippen molar-refractivity contribution in [2.45, 2.75) is 25.3 Å². The Balaban J connectivity index is 0.00000128. The van der Waals surface area contributed by atoms with Crippen molar-refractivity contribution in [2.24, 2.45) is 5.92 Å². The summed E-state index contributed by atoms with van der Waals surface area (Å²) >= 11 is 0. The van der Waals surface area contributed by atoms with E-state index in [1.807, 2.05) is 12.1 Å². The molecule has 3 aromatic rings. The fourth-order valence-corrected chi connectivity index (χ4v) is 4.40. The van der Waals surface area contributed by atoms with Gasteiger partial charge in [0.25, 0.3) is 0 Å². The van der Waals surface area contributed by atoms with Crippen LogP contribution in [0.3, 0.4) is 0 Å². The average Bonchev–Trinajstić information content (AvgIpc) is 3.50. The number of hydrogen-bond donors (Lipinski definition) is 3. The van der Waals surface area contributed by atoms with E-state index in [4.69, 9.17) is 0 Å². The normalized spacial score (nSPS) is 20.6. The smallest absolute Gasteiger partial charge is 0.245 e. The maximum atomic E-state index is 10.5. The molecule has 160 valence electrons. The average molecular weight is 450 g/mol. The van der Waals surface area contributed by atoms with Gasteiger partial charge in [-0.25, -0.2) is 4.98 Å². The summed E-state index contributed by atoms with van der Waals surface area (Å²) in [5, 5.41) is 29.4. The zero-order valence-electron chi connectivity index (χ0n) is 16.4. The molecule has 0 bridgehead atoms. The molecule has 2 fully saturated rings. The van der Waals surface area contributed by atoms with E-state index in [2.05, 4.69) is 35.6 Å². The Kier molecular flexibility index (Phi) is 7.12. The van der Waals surface area contributed by atoms with E-state index in [0.29, 0.717) is 29.2 Å². The molecule has 0 spiro atoms. The molecule has 1 aromatic carbocycles. The number of phenols is 1. The number of rotatable bonds is 4. The minimum absolute atomic E-state index is 0. The number of nitrogens with zero attached hydrogens (tertiary/aromatic N) is 5. The van der Waals surface area contributed by atoms with Crippen molar-refractivity contribution in [3.05, 3.63) is 36.8 Å². The molecule has 8 nitrogen and oxygen atoms in total. The molecule has 2 unspecified atom stereocenters. The molecule has 0 radical (unpaired) electrons. The standard InChI is InChI=1S/C20H23N7O.2ClH/c28-19-8-13(15-10-23-24-11-15)3-4-16(19)17-12-22-20(26-25-17)27-7-1-2-18(27)14-5-6-21-9-14;;/h3-4,8,10-12,14,18,21,28H,1-2,5-7,9H2,(H,23,24);2*1H. The van der Waals surface area contributed by atoms with Crippen LogP contribution in [-0.4, -0.2) is 56.2 Å². The lowest BCUT2D eigenvalue weighted by atomic mass is 9.97. The van der Waals surface area contributed by atoms with E-state index in [9.17, 15) is 5.11 Å². The van der Waals surface area contributed by atoms with Crippen LogP contribution in [0, 0.1) is 5.92 Å². The lowest BCUT2D eigenvalue weighted by Crippen LogP contribution is -2.37. The summed E-state index contributed by atoms with van der Waals surface area (Å²) in [5.41, 5.74) is 3.00. The van der Waals surface area contributed by atoms with Crippen molar-refractivity contribution in [3.63, 3.8) is 0 Å². The van der Waals surface area contributed by atoms with E-state index in [1.165, 1.54) is 19.3 Å². The minimum atomic E-state index is 0. The first-order valence-electron chi connectivity index (χ1n) is 9.79. The molecular weight excluding hydrogens is 425 g/mol. The summed E-state index contributed by atoms with van der Waals surface area (Å²) in [4.78, 5) is 6.88. The van der Waals surface area contributed by atoms with Gasteiger partial charge in [-0.1, -0.05) is 6.07 Å². The third-order valence-corrected chi connectivity index (χ3v) is 5.85. The molecule has 4 heterocycles. The second-order valence-corrected chi connectivity index (χ2v) is 7.52. The molecule has 30 heavy (non-hydrogen) atoms. The van der Waals surface area contributed by atoms with E-state index in [-0.39, 0.29) is 30.6 Å². The maximum Gasteiger partial charge on any atom is 0.245 e.